The van der Waals surface area contributed by atoms with Gasteiger partial charge in [-0.15, -0.1) is 0 Å². The van der Waals surface area contributed by atoms with E-state index in [0.29, 0.717) is 12.4 Å². The highest BCUT2D eigenvalue weighted by atomic mass is 16.5. The Morgan fingerprint density at radius 1 is 1.56 bits per heavy atom. The number of carboxylic acid groups (broad SMARTS) is 1. The molecule has 1 aromatic rings. The summed E-state index contributed by atoms with van der Waals surface area (Å²) in [5.41, 5.74) is 5.88. The van der Waals surface area contributed by atoms with Crippen molar-refractivity contribution >= 4 is 11.7 Å². The van der Waals surface area contributed by atoms with Crippen molar-refractivity contribution in [2.45, 2.75) is 25.4 Å². The maximum Gasteiger partial charge on any atom is 0.337 e. The predicted octanol–water partition coefficient (Wildman–Crippen LogP) is 1.91. The van der Waals surface area contributed by atoms with Crippen molar-refractivity contribution < 1.29 is 19.4 Å². The van der Waals surface area contributed by atoms with Gasteiger partial charge < -0.3 is 20.3 Å². The second-order valence-electron chi connectivity index (χ2n) is 4.33. The predicted molar refractivity (Wildman–Crippen MR) is 66.9 cm³/mol. The minimum Gasteiger partial charge on any atom is -0.493 e. The first-order valence-corrected chi connectivity index (χ1v) is 6.04. The van der Waals surface area contributed by atoms with Gasteiger partial charge >= 0.3 is 5.97 Å². The van der Waals surface area contributed by atoms with E-state index in [2.05, 4.69) is 0 Å². The smallest absolute Gasteiger partial charge is 0.337 e. The summed E-state index contributed by atoms with van der Waals surface area (Å²) in [6.07, 6.45) is 3.28. The van der Waals surface area contributed by atoms with E-state index in [-0.39, 0.29) is 17.4 Å². The molecule has 1 saturated heterocycles. The Morgan fingerprint density at radius 2 is 2.39 bits per heavy atom. The van der Waals surface area contributed by atoms with Gasteiger partial charge in [0.25, 0.3) is 0 Å². The number of nitrogen functional groups attached to an aromatic ring is 1. The number of nitrogens with two attached hydrogens (primary N) is 1. The van der Waals surface area contributed by atoms with Crippen molar-refractivity contribution in [1.82, 2.24) is 0 Å². The minimum absolute atomic E-state index is 0.0737. The molecule has 0 radical (unpaired) electrons. The molecule has 1 atom stereocenters. The largest absolute Gasteiger partial charge is 0.493 e. The van der Waals surface area contributed by atoms with Crippen LogP contribution in [0.2, 0.25) is 0 Å². The lowest BCUT2D eigenvalue weighted by molar-refractivity contribution is 0.0696. The first kappa shape index (κ1) is 12.7. The van der Waals surface area contributed by atoms with E-state index in [1.807, 2.05) is 0 Å². The topological polar surface area (TPSA) is 81.8 Å². The zero-order chi connectivity index (χ0) is 13.0. The summed E-state index contributed by atoms with van der Waals surface area (Å²) in [5, 5.41) is 8.93. The summed E-state index contributed by atoms with van der Waals surface area (Å²) in [6.45, 7) is 1.35. The Morgan fingerprint density at radius 3 is 3.06 bits per heavy atom. The molecule has 2 rings (SSSR count). The summed E-state index contributed by atoms with van der Waals surface area (Å²) in [5.74, 6) is -0.517. The van der Waals surface area contributed by atoms with Gasteiger partial charge in [-0.25, -0.2) is 4.79 Å². The molecule has 1 aliphatic rings. The quantitative estimate of drug-likeness (QED) is 0.781. The Labute approximate surface area is 106 Å². The number of aromatic carboxylic acids is 1. The number of anilines is 1. The van der Waals surface area contributed by atoms with Crippen LogP contribution < -0.4 is 10.5 Å². The Bertz CT molecular complexity index is 427. The third kappa shape index (κ3) is 3.13. The monoisotopic (exact) mass is 251 g/mol. The van der Waals surface area contributed by atoms with Crippen LogP contribution in [0.4, 0.5) is 5.69 Å². The van der Waals surface area contributed by atoms with E-state index >= 15 is 0 Å². The van der Waals surface area contributed by atoms with Gasteiger partial charge in [0.2, 0.25) is 0 Å². The molecule has 0 amide bonds. The summed E-state index contributed by atoms with van der Waals surface area (Å²) < 4.78 is 11.0. The van der Waals surface area contributed by atoms with Crippen LogP contribution in [0.5, 0.6) is 5.75 Å². The van der Waals surface area contributed by atoms with E-state index in [0.717, 1.165) is 25.9 Å². The van der Waals surface area contributed by atoms with E-state index in [4.69, 9.17) is 20.3 Å². The average molecular weight is 251 g/mol. The van der Waals surface area contributed by atoms with Gasteiger partial charge in [-0.3, -0.25) is 0 Å². The molecule has 1 fully saturated rings. The highest BCUT2D eigenvalue weighted by Gasteiger charge is 2.15. The third-order valence-electron chi connectivity index (χ3n) is 2.99. The van der Waals surface area contributed by atoms with Crippen LogP contribution in [-0.4, -0.2) is 30.4 Å². The number of ether oxygens (including phenoxy) is 2. The number of carbonyl (C=O) groups is 1. The van der Waals surface area contributed by atoms with Crippen molar-refractivity contribution in [3.8, 4) is 5.75 Å². The van der Waals surface area contributed by atoms with Crippen LogP contribution >= 0.6 is 0 Å². The van der Waals surface area contributed by atoms with E-state index < -0.39 is 5.97 Å². The van der Waals surface area contributed by atoms with Crippen molar-refractivity contribution in [3.63, 3.8) is 0 Å². The summed E-state index contributed by atoms with van der Waals surface area (Å²) in [4.78, 5) is 10.9. The second kappa shape index (κ2) is 5.73. The highest BCUT2D eigenvalue weighted by Crippen LogP contribution is 2.21. The molecule has 0 aromatic heterocycles. The second-order valence-corrected chi connectivity index (χ2v) is 4.33. The molecule has 1 aliphatic heterocycles. The SMILES string of the molecule is Nc1ccc(OCCC2CCCO2)cc1C(=O)O. The normalized spacial score (nSPS) is 18.8. The van der Waals surface area contributed by atoms with Crippen molar-refractivity contribution in [1.29, 1.82) is 0 Å². The lowest BCUT2D eigenvalue weighted by Crippen LogP contribution is -2.11. The van der Waals surface area contributed by atoms with Gasteiger partial charge in [0.15, 0.2) is 0 Å². The van der Waals surface area contributed by atoms with E-state index in [1.165, 1.54) is 6.07 Å². The highest BCUT2D eigenvalue weighted by molar-refractivity contribution is 5.94. The fraction of sp³-hybridized carbons (Fsp3) is 0.462. The molecular formula is C13H17NO4. The van der Waals surface area contributed by atoms with Crippen LogP contribution in [0.3, 0.4) is 0 Å². The Hall–Kier alpha value is -1.75. The third-order valence-corrected chi connectivity index (χ3v) is 2.99. The molecule has 18 heavy (non-hydrogen) atoms. The van der Waals surface area contributed by atoms with Gasteiger partial charge in [-0.1, -0.05) is 0 Å². The van der Waals surface area contributed by atoms with Crippen molar-refractivity contribution in [2.24, 2.45) is 0 Å². The first-order valence-electron chi connectivity index (χ1n) is 6.04. The van der Waals surface area contributed by atoms with Gasteiger partial charge in [-0.2, -0.15) is 0 Å². The zero-order valence-corrected chi connectivity index (χ0v) is 10.1. The van der Waals surface area contributed by atoms with Gasteiger partial charge in [0.1, 0.15) is 5.75 Å². The molecule has 5 nitrogen and oxygen atoms in total. The number of rotatable bonds is 5. The van der Waals surface area contributed by atoms with Crippen LogP contribution in [-0.2, 0) is 4.74 Å². The fourth-order valence-electron chi connectivity index (χ4n) is 1.99. The maximum absolute atomic E-state index is 10.9. The van der Waals surface area contributed by atoms with Gasteiger partial charge in [0, 0.05) is 18.7 Å². The van der Waals surface area contributed by atoms with Gasteiger partial charge in [0.05, 0.1) is 18.3 Å². The number of hydrogen-bond donors (Lipinski definition) is 2. The lowest BCUT2D eigenvalue weighted by atomic mass is 10.1. The summed E-state index contributed by atoms with van der Waals surface area (Å²) in [7, 11) is 0. The summed E-state index contributed by atoms with van der Waals surface area (Å²) >= 11 is 0. The first-order chi connectivity index (χ1) is 8.66. The standard InChI is InChI=1S/C13H17NO4/c14-12-4-3-10(8-11(12)13(15)16)18-7-5-9-2-1-6-17-9/h3-4,8-9H,1-2,5-7,14H2,(H,15,16). The summed E-state index contributed by atoms with van der Waals surface area (Å²) in [6, 6.07) is 4.68. The van der Waals surface area contributed by atoms with Crippen LogP contribution in [0.1, 0.15) is 29.6 Å². The van der Waals surface area contributed by atoms with Crippen LogP contribution in [0, 0.1) is 0 Å². The van der Waals surface area contributed by atoms with Crippen LogP contribution in [0.25, 0.3) is 0 Å². The average Bonchev–Trinajstić information content (AvgIpc) is 2.84. The van der Waals surface area contributed by atoms with E-state index in [9.17, 15) is 4.79 Å². The van der Waals surface area contributed by atoms with Gasteiger partial charge in [-0.05, 0) is 31.0 Å². The Kier molecular flexibility index (Phi) is 4.04. The Balaban J connectivity index is 1.88. The molecule has 1 aromatic carbocycles. The van der Waals surface area contributed by atoms with Crippen LogP contribution in [0.15, 0.2) is 18.2 Å². The molecule has 0 spiro atoms. The zero-order valence-electron chi connectivity index (χ0n) is 10.1. The molecule has 98 valence electrons. The molecule has 3 N–H and O–H groups in total. The fourth-order valence-corrected chi connectivity index (χ4v) is 1.99. The molecule has 5 heteroatoms. The lowest BCUT2D eigenvalue weighted by Gasteiger charge is -2.11. The molecule has 0 bridgehead atoms. The molecule has 0 aliphatic carbocycles. The van der Waals surface area contributed by atoms with E-state index in [1.54, 1.807) is 12.1 Å². The minimum atomic E-state index is -1.04. The molecule has 1 unspecified atom stereocenters. The molecule has 1 heterocycles. The van der Waals surface area contributed by atoms with Crippen molar-refractivity contribution in [3.05, 3.63) is 23.8 Å². The van der Waals surface area contributed by atoms with Crippen molar-refractivity contribution in [2.75, 3.05) is 18.9 Å². The molecular weight excluding hydrogens is 234 g/mol. The number of carboxylic acids is 1. The number of benzene rings is 1. The molecule has 0 saturated carbocycles. The number of hydrogen-bond acceptors (Lipinski definition) is 4. The maximum atomic E-state index is 10.9.